The van der Waals surface area contributed by atoms with E-state index < -0.39 is 0 Å². The standard InChI is InChI=1S/C13H19N3S/c1-13(2,3)12-5-4-11(17-12)9-14-6-10-7-15-16-8-10/h4-5,7-8,14H,6,9H2,1-3H3,(H,15,16). The molecule has 2 aromatic heterocycles. The van der Waals surface area contributed by atoms with Crippen LogP contribution in [0.2, 0.25) is 0 Å². The summed E-state index contributed by atoms with van der Waals surface area (Å²) in [5.41, 5.74) is 1.45. The van der Waals surface area contributed by atoms with Gasteiger partial charge in [0.15, 0.2) is 0 Å². The van der Waals surface area contributed by atoms with E-state index in [1.165, 1.54) is 15.3 Å². The van der Waals surface area contributed by atoms with E-state index in [4.69, 9.17) is 0 Å². The van der Waals surface area contributed by atoms with Crippen molar-refractivity contribution in [1.29, 1.82) is 0 Å². The highest BCUT2D eigenvalue weighted by atomic mass is 32.1. The van der Waals surface area contributed by atoms with Crippen molar-refractivity contribution in [3.8, 4) is 0 Å². The number of rotatable bonds is 4. The van der Waals surface area contributed by atoms with Crippen molar-refractivity contribution >= 4 is 11.3 Å². The summed E-state index contributed by atoms with van der Waals surface area (Å²) in [5.74, 6) is 0. The van der Waals surface area contributed by atoms with Crippen LogP contribution in [0.5, 0.6) is 0 Å². The van der Waals surface area contributed by atoms with Gasteiger partial charge in [0.1, 0.15) is 0 Å². The molecular formula is C13H19N3S. The summed E-state index contributed by atoms with van der Waals surface area (Å²) in [7, 11) is 0. The normalized spacial score (nSPS) is 11.9. The fraction of sp³-hybridized carbons (Fsp3) is 0.462. The van der Waals surface area contributed by atoms with E-state index in [9.17, 15) is 0 Å². The molecule has 0 amide bonds. The molecule has 0 unspecified atom stereocenters. The minimum atomic E-state index is 0.257. The lowest BCUT2D eigenvalue weighted by molar-refractivity contribution is 0.604. The average molecular weight is 249 g/mol. The number of nitrogens with one attached hydrogen (secondary N) is 2. The summed E-state index contributed by atoms with van der Waals surface area (Å²) in [5, 5.41) is 10.2. The van der Waals surface area contributed by atoms with Crippen molar-refractivity contribution in [2.24, 2.45) is 0 Å². The van der Waals surface area contributed by atoms with Crippen LogP contribution in [0, 0.1) is 0 Å². The van der Waals surface area contributed by atoms with Gasteiger partial charge in [0.05, 0.1) is 6.20 Å². The number of hydrogen-bond donors (Lipinski definition) is 2. The van der Waals surface area contributed by atoms with Crippen LogP contribution in [0.25, 0.3) is 0 Å². The van der Waals surface area contributed by atoms with E-state index in [1.54, 1.807) is 0 Å². The highest BCUT2D eigenvalue weighted by Crippen LogP contribution is 2.29. The molecule has 3 nitrogen and oxygen atoms in total. The van der Waals surface area contributed by atoms with Crippen molar-refractivity contribution < 1.29 is 0 Å². The Balaban J connectivity index is 1.85. The first-order valence-electron chi connectivity index (χ1n) is 5.83. The second-order valence-corrected chi connectivity index (χ2v) is 6.39. The summed E-state index contributed by atoms with van der Waals surface area (Å²) < 4.78 is 0. The Labute approximate surface area is 106 Å². The molecule has 0 spiro atoms. The van der Waals surface area contributed by atoms with Crippen molar-refractivity contribution in [3.63, 3.8) is 0 Å². The third-order valence-electron chi connectivity index (χ3n) is 2.58. The molecule has 0 aliphatic rings. The number of thiophene rings is 1. The van der Waals surface area contributed by atoms with Gasteiger partial charge in [-0.05, 0) is 17.5 Å². The van der Waals surface area contributed by atoms with Gasteiger partial charge >= 0.3 is 0 Å². The summed E-state index contributed by atoms with van der Waals surface area (Å²) >= 11 is 1.89. The summed E-state index contributed by atoms with van der Waals surface area (Å²) in [6.45, 7) is 8.54. The minimum Gasteiger partial charge on any atom is -0.308 e. The third-order valence-corrected chi connectivity index (χ3v) is 4.10. The monoisotopic (exact) mass is 249 g/mol. The van der Waals surface area contributed by atoms with E-state index in [-0.39, 0.29) is 5.41 Å². The molecule has 0 bridgehead atoms. The number of H-pyrrole nitrogens is 1. The Hall–Kier alpha value is -1.13. The Kier molecular flexibility index (Phi) is 3.64. The Morgan fingerprint density at radius 2 is 2.12 bits per heavy atom. The molecular weight excluding hydrogens is 230 g/mol. The molecule has 0 saturated carbocycles. The van der Waals surface area contributed by atoms with Gasteiger partial charge in [-0.25, -0.2) is 0 Å². The van der Waals surface area contributed by atoms with Gasteiger partial charge in [-0.15, -0.1) is 11.3 Å². The van der Waals surface area contributed by atoms with E-state index in [0.717, 1.165) is 13.1 Å². The number of aromatic amines is 1. The average Bonchev–Trinajstić information content (AvgIpc) is 2.86. The fourth-order valence-electron chi connectivity index (χ4n) is 1.58. The molecule has 2 rings (SSSR count). The molecule has 2 aromatic rings. The van der Waals surface area contributed by atoms with Crippen molar-refractivity contribution in [2.75, 3.05) is 0 Å². The van der Waals surface area contributed by atoms with Gasteiger partial charge in [-0.1, -0.05) is 20.8 Å². The molecule has 0 atom stereocenters. The zero-order valence-corrected chi connectivity index (χ0v) is 11.4. The Morgan fingerprint density at radius 1 is 1.29 bits per heavy atom. The topological polar surface area (TPSA) is 40.7 Å². The summed E-state index contributed by atoms with van der Waals surface area (Å²) in [6, 6.07) is 4.45. The minimum absolute atomic E-state index is 0.257. The van der Waals surface area contributed by atoms with Gasteiger partial charge < -0.3 is 5.32 Å². The summed E-state index contributed by atoms with van der Waals surface area (Å²) in [4.78, 5) is 2.83. The lowest BCUT2D eigenvalue weighted by Crippen LogP contribution is -2.11. The zero-order chi connectivity index (χ0) is 12.3. The maximum atomic E-state index is 3.92. The first-order valence-corrected chi connectivity index (χ1v) is 6.65. The number of hydrogen-bond acceptors (Lipinski definition) is 3. The maximum Gasteiger partial charge on any atom is 0.0532 e. The van der Waals surface area contributed by atoms with Gasteiger partial charge in [0.2, 0.25) is 0 Å². The van der Waals surface area contributed by atoms with Crippen molar-refractivity contribution in [3.05, 3.63) is 39.8 Å². The van der Waals surface area contributed by atoms with E-state index >= 15 is 0 Å². The predicted molar refractivity (Wildman–Crippen MR) is 72.2 cm³/mol. The molecule has 2 N–H and O–H groups in total. The van der Waals surface area contributed by atoms with Crippen LogP contribution >= 0.6 is 11.3 Å². The highest BCUT2D eigenvalue weighted by molar-refractivity contribution is 7.12. The molecule has 0 aliphatic carbocycles. The highest BCUT2D eigenvalue weighted by Gasteiger charge is 2.15. The molecule has 92 valence electrons. The third kappa shape index (κ3) is 3.41. The molecule has 0 aliphatic heterocycles. The van der Waals surface area contributed by atoms with E-state index in [1.807, 2.05) is 23.7 Å². The largest absolute Gasteiger partial charge is 0.308 e. The first kappa shape index (κ1) is 12.3. The van der Waals surface area contributed by atoms with Crippen LogP contribution in [0.1, 0.15) is 36.1 Å². The van der Waals surface area contributed by atoms with Gasteiger partial charge in [0, 0.05) is 34.6 Å². The van der Waals surface area contributed by atoms with Crippen LogP contribution in [-0.4, -0.2) is 10.2 Å². The van der Waals surface area contributed by atoms with Crippen molar-refractivity contribution in [1.82, 2.24) is 15.5 Å². The number of aromatic nitrogens is 2. The van der Waals surface area contributed by atoms with Gasteiger partial charge in [-0.3, -0.25) is 5.10 Å². The Morgan fingerprint density at radius 3 is 2.71 bits per heavy atom. The molecule has 4 heteroatoms. The molecule has 2 heterocycles. The van der Waals surface area contributed by atoms with Gasteiger partial charge in [0.25, 0.3) is 0 Å². The van der Waals surface area contributed by atoms with Crippen LogP contribution in [0.4, 0.5) is 0 Å². The van der Waals surface area contributed by atoms with Crippen LogP contribution in [0.3, 0.4) is 0 Å². The second-order valence-electron chi connectivity index (χ2n) is 5.23. The molecule has 0 fully saturated rings. The Bertz CT molecular complexity index is 451. The van der Waals surface area contributed by atoms with E-state index in [2.05, 4.69) is 48.4 Å². The molecule has 0 aromatic carbocycles. The lowest BCUT2D eigenvalue weighted by atomic mass is 9.95. The predicted octanol–water partition coefficient (Wildman–Crippen LogP) is 3.06. The smallest absolute Gasteiger partial charge is 0.0532 e. The molecule has 0 saturated heterocycles. The summed E-state index contributed by atoms with van der Waals surface area (Å²) in [6.07, 6.45) is 3.77. The van der Waals surface area contributed by atoms with E-state index in [0.29, 0.717) is 0 Å². The number of nitrogens with zero attached hydrogens (tertiary/aromatic N) is 1. The fourth-order valence-corrected chi connectivity index (χ4v) is 2.62. The maximum absolute atomic E-state index is 3.92. The first-order chi connectivity index (χ1) is 8.05. The second kappa shape index (κ2) is 5.02. The van der Waals surface area contributed by atoms with Crippen molar-refractivity contribution in [2.45, 2.75) is 39.3 Å². The van der Waals surface area contributed by atoms with Gasteiger partial charge in [-0.2, -0.15) is 5.10 Å². The SMILES string of the molecule is CC(C)(C)c1ccc(CNCc2cn[nH]c2)s1. The van der Waals surface area contributed by atoms with Crippen LogP contribution in [-0.2, 0) is 18.5 Å². The zero-order valence-electron chi connectivity index (χ0n) is 10.6. The van der Waals surface area contributed by atoms with Crippen LogP contribution in [0.15, 0.2) is 24.5 Å². The van der Waals surface area contributed by atoms with Crippen LogP contribution < -0.4 is 5.32 Å². The molecule has 17 heavy (non-hydrogen) atoms. The molecule has 0 radical (unpaired) electrons. The quantitative estimate of drug-likeness (QED) is 0.874. The lowest BCUT2D eigenvalue weighted by Gasteiger charge is -2.15.